The average Bonchev–Trinajstić information content (AvgIpc) is 3.32. The van der Waals surface area contributed by atoms with Gasteiger partial charge in [0.2, 0.25) is 0 Å². The molecular weight excluding hydrogens is 380 g/mol. The first-order valence-electron chi connectivity index (χ1n) is 8.16. The summed E-state index contributed by atoms with van der Waals surface area (Å²) >= 11 is 6.14. The van der Waals surface area contributed by atoms with Crippen molar-refractivity contribution in [2.24, 2.45) is 0 Å². The number of benzene rings is 2. The Morgan fingerprint density at radius 3 is 2.79 bits per heavy atom. The summed E-state index contributed by atoms with van der Waals surface area (Å²) in [5.74, 6) is 1.31. The van der Waals surface area contributed by atoms with Gasteiger partial charge in [-0.15, -0.1) is 0 Å². The van der Waals surface area contributed by atoms with E-state index in [9.17, 15) is 15.4 Å². The van der Waals surface area contributed by atoms with Gasteiger partial charge in [0, 0.05) is 23.8 Å². The number of furan rings is 1. The Labute approximate surface area is 163 Å². The van der Waals surface area contributed by atoms with E-state index >= 15 is 0 Å². The summed E-state index contributed by atoms with van der Waals surface area (Å²) in [6.07, 6.45) is 1.57. The van der Waals surface area contributed by atoms with Crippen molar-refractivity contribution < 1.29 is 9.34 Å². The van der Waals surface area contributed by atoms with Crippen LogP contribution < -0.4 is 0 Å². The molecule has 1 N–H and O–H groups in total. The number of non-ortho nitro benzene ring substituents is 1. The van der Waals surface area contributed by atoms with Crippen molar-refractivity contribution in [1.29, 1.82) is 5.26 Å². The van der Waals surface area contributed by atoms with Gasteiger partial charge in [0.1, 0.15) is 23.4 Å². The molecule has 7 nitrogen and oxygen atoms in total. The first kappa shape index (κ1) is 17.5. The van der Waals surface area contributed by atoms with Gasteiger partial charge in [0.25, 0.3) is 5.69 Å². The van der Waals surface area contributed by atoms with Crippen molar-refractivity contribution in [3.63, 3.8) is 0 Å². The third-order valence-electron chi connectivity index (χ3n) is 4.11. The smallest absolute Gasteiger partial charge is 0.270 e. The maximum Gasteiger partial charge on any atom is 0.270 e. The van der Waals surface area contributed by atoms with Crippen LogP contribution in [0.5, 0.6) is 0 Å². The predicted molar refractivity (Wildman–Crippen MR) is 105 cm³/mol. The largest absolute Gasteiger partial charge is 0.457 e. The second kappa shape index (κ2) is 7.02. The highest BCUT2D eigenvalue weighted by Gasteiger charge is 2.14. The lowest BCUT2D eigenvalue weighted by Gasteiger charge is -2.00. The van der Waals surface area contributed by atoms with Crippen molar-refractivity contribution in [1.82, 2.24) is 9.97 Å². The van der Waals surface area contributed by atoms with Gasteiger partial charge in [-0.05, 0) is 30.3 Å². The van der Waals surface area contributed by atoms with Gasteiger partial charge in [0.05, 0.1) is 26.6 Å². The molecule has 0 saturated carbocycles. The number of rotatable bonds is 4. The van der Waals surface area contributed by atoms with Crippen LogP contribution in [0.25, 0.3) is 34.0 Å². The van der Waals surface area contributed by atoms with Gasteiger partial charge < -0.3 is 9.40 Å². The topological polar surface area (TPSA) is 109 Å². The van der Waals surface area contributed by atoms with Crippen LogP contribution in [0, 0.1) is 21.4 Å². The minimum Gasteiger partial charge on any atom is -0.457 e. The number of halogens is 1. The fraction of sp³-hybridized carbons (Fsp3) is 0. The second-order valence-electron chi connectivity index (χ2n) is 5.90. The minimum absolute atomic E-state index is 0.0999. The van der Waals surface area contributed by atoms with E-state index < -0.39 is 4.92 Å². The van der Waals surface area contributed by atoms with E-state index in [2.05, 4.69) is 16.0 Å². The molecular formula is C20H11ClN4O3. The molecule has 0 unspecified atom stereocenters. The highest BCUT2D eigenvalue weighted by Crippen LogP contribution is 2.33. The number of nitro benzene ring substituents is 1. The van der Waals surface area contributed by atoms with E-state index in [0.717, 1.165) is 11.0 Å². The average molecular weight is 391 g/mol. The monoisotopic (exact) mass is 390 g/mol. The maximum atomic E-state index is 10.8. The Morgan fingerprint density at radius 2 is 2.07 bits per heavy atom. The highest BCUT2D eigenvalue weighted by molar-refractivity contribution is 6.33. The molecule has 0 aliphatic heterocycles. The fourth-order valence-corrected chi connectivity index (χ4v) is 3.04. The highest BCUT2D eigenvalue weighted by atomic mass is 35.5. The molecule has 2 heterocycles. The van der Waals surface area contributed by atoms with Crippen LogP contribution in [0.3, 0.4) is 0 Å². The number of H-pyrrole nitrogens is 1. The van der Waals surface area contributed by atoms with Crippen molar-refractivity contribution in [3.8, 4) is 17.4 Å². The summed E-state index contributed by atoms with van der Waals surface area (Å²) in [5.41, 5.74) is 2.33. The van der Waals surface area contributed by atoms with Crippen molar-refractivity contribution in [3.05, 3.63) is 81.3 Å². The van der Waals surface area contributed by atoms with E-state index in [4.69, 9.17) is 16.0 Å². The Morgan fingerprint density at radius 1 is 1.25 bits per heavy atom. The third kappa shape index (κ3) is 3.24. The number of allylic oxidation sites excluding steroid dienone is 1. The first-order chi connectivity index (χ1) is 13.5. The van der Waals surface area contributed by atoms with Crippen LogP contribution in [0.2, 0.25) is 5.02 Å². The number of para-hydroxylation sites is 2. The number of nitro groups is 1. The molecule has 136 valence electrons. The number of nitrogens with one attached hydrogen (secondary N) is 1. The minimum atomic E-state index is -0.515. The molecule has 28 heavy (non-hydrogen) atoms. The molecule has 0 atom stereocenters. The van der Waals surface area contributed by atoms with Crippen LogP contribution >= 0.6 is 11.6 Å². The lowest BCUT2D eigenvalue weighted by atomic mass is 10.1. The lowest BCUT2D eigenvalue weighted by Crippen LogP contribution is -1.88. The normalized spacial score (nSPS) is 11.5. The van der Waals surface area contributed by atoms with Gasteiger partial charge in [-0.2, -0.15) is 5.26 Å². The van der Waals surface area contributed by atoms with Crippen LogP contribution in [-0.4, -0.2) is 14.9 Å². The molecule has 0 radical (unpaired) electrons. The molecule has 2 aromatic carbocycles. The predicted octanol–water partition coefficient (Wildman–Crippen LogP) is 5.45. The molecule has 2 aromatic heterocycles. The Kier molecular flexibility index (Phi) is 4.39. The second-order valence-corrected chi connectivity index (χ2v) is 6.30. The standard InChI is InChI=1S/C20H11ClN4O3/c21-16-10-13(25(26)27)5-7-15(16)19-8-6-14(28-19)9-12(11-22)20-23-17-3-1-2-4-18(17)24-20/h1-10H,(H,23,24). The van der Waals surface area contributed by atoms with Crippen molar-refractivity contribution >= 4 is 40.0 Å². The summed E-state index contributed by atoms with van der Waals surface area (Å²) < 4.78 is 5.76. The van der Waals surface area contributed by atoms with Crippen LogP contribution in [0.4, 0.5) is 5.69 Å². The SMILES string of the molecule is N#CC(=Cc1ccc(-c2ccc([N+](=O)[O-])cc2Cl)o1)c1nc2ccccc2[nH]1. The maximum absolute atomic E-state index is 10.8. The van der Waals surface area contributed by atoms with Gasteiger partial charge in [-0.3, -0.25) is 10.1 Å². The van der Waals surface area contributed by atoms with E-state index in [1.807, 2.05) is 24.3 Å². The molecule has 8 heteroatoms. The van der Waals surface area contributed by atoms with Crippen LogP contribution in [-0.2, 0) is 0 Å². The van der Waals surface area contributed by atoms with E-state index in [-0.39, 0.29) is 10.7 Å². The number of imidazole rings is 1. The van der Waals surface area contributed by atoms with Gasteiger partial charge in [0.15, 0.2) is 0 Å². The number of hydrogen-bond acceptors (Lipinski definition) is 5. The molecule has 0 fully saturated rings. The lowest BCUT2D eigenvalue weighted by molar-refractivity contribution is -0.384. The molecule has 0 spiro atoms. The Hall–Kier alpha value is -3.89. The number of nitrogens with zero attached hydrogens (tertiary/aromatic N) is 3. The molecule has 4 rings (SSSR count). The number of nitriles is 1. The molecule has 0 amide bonds. The van der Waals surface area contributed by atoms with Crippen LogP contribution in [0.15, 0.2) is 59.0 Å². The molecule has 0 saturated heterocycles. The van der Waals surface area contributed by atoms with Gasteiger partial charge >= 0.3 is 0 Å². The van der Waals surface area contributed by atoms with E-state index in [1.54, 1.807) is 18.2 Å². The number of aromatic amines is 1. The summed E-state index contributed by atoms with van der Waals surface area (Å²) in [6, 6.07) is 17.1. The van der Waals surface area contributed by atoms with Crippen LogP contribution in [0.1, 0.15) is 11.6 Å². The van der Waals surface area contributed by atoms with Gasteiger partial charge in [-0.25, -0.2) is 4.98 Å². The molecule has 4 aromatic rings. The van der Waals surface area contributed by atoms with E-state index in [1.165, 1.54) is 18.2 Å². The van der Waals surface area contributed by atoms with Crippen molar-refractivity contribution in [2.45, 2.75) is 0 Å². The van der Waals surface area contributed by atoms with Gasteiger partial charge in [-0.1, -0.05) is 23.7 Å². The first-order valence-corrected chi connectivity index (χ1v) is 8.54. The number of fused-ring (bicyclic) bond motifs is 1. The Balaban J connectivity index is 1.68. The number of aromatic nitrogens is 2. The summed E-state index contributed by atoms with van der Waals surface area (Å²) in [5, 5.41) is 20.6. The molecule has 0 bridgehead atoms. The summed E-state index contributed by atoms with van der Waals surface area (Å²) in [6.45, 7) is 0. The third-order valence-corrected chi connectivity index (χ3v) is 4.42. The Bertz CT molecular complexity index is 1250. The zero-order valence-corrected chi connectivity index (χ0v) is 15.0. The summed E-state index contributed by atoms with van der Waals surface area (Å²) in [7, 11) is 0. The quantitative estimate of drug-likeness (QED) is 0.283. The number of hydrogen-bond donors (Lipinski definition) is 1. The zero-order chi connectivity index (χ0) is 19.7. The van der Waals surface area contributed by atoms with E-state index in [0.29, 0.717) is 28.5 Å². The van der Waals surface area contributed by atoms with Crippen molar-refractivity contribution in [2.75, 3.05) is 0 Å². The molecule has 0 aliphatic carbocycles. The summed E-state index contributed by atoms with van der Waals surface area (Å²) in [4.78, 5) is 17.8. The molecule has 0 aliphatic rings. The fourth-order valence-electron chi connectivity index (χ4n) is 2.77. The zero-order valence-electron chi connectivity index (χ0n) is 14.2.